The Morgan fingerprint density at radius 2 is 1.90 bits per heavy atom. The lowest BCUT2D eigenvalue weighted by Crippen LogP contribution is -2.36. The van der Waals surface area contributed by atoms with Gasteiger partial charge in [-0.25, -0.2) is 4.79 Å². The first-order valence-corrected chi connectivity index (χ1v) is 7.46. The van der Waals surface area contributed by atoms with Gasteiger partial charge in [-0.3, -0.25) is 0 Å². The van der Waals surface area contributed by atoms with Gasteiger partial charge in [0.05, 0.1) is 0 Å². The molecule has 1 rings (SSSR count). The van der Waals surface area contributed by atoms with E-state index in [2.05, 4.69) is 29.8 Å². The minimum Gasteiger partial charge on any atom is -0.385 e. The summed E-state index contributed by atoms with van der Waals surface area (Å²) in [6.45, 7) is 7.73. The Morgan fingerprint density at radius 1 is 1.24 bits per heavy atom. The number of carbonyl (C=O) groups is 1. The van der Waals surface area contributed by atoms with E-state index in [9.17, 15) is 4.79 Å². The molecule has 2 unspecified atom stereocenters. The van der Waals surface area contributed by atoms with E-state index in [1.165, 1.54) is 5.56 Å². The molecule has 0 fully saturated rings. The van der Waals surface area contributed by atoms with Crippen LogP contribution in [0.2, 0.25) is 0 Å². The second-order valence-corrected chi connectivity index (χ2v) is 5.18. The third-order valence-electron chi connectivity index (χ3n) is 3.31. The predicted octanol–water partition coefficient (Wildman–Crippen LogP) is 2.90. The van der Waals surface area contributed by atoms with Crippen molar-refractivity contribution in [2.75, 3.05) is 25.6 Å². The molecule has 5 heteroatoms. The van der Waals surface area contributed by atoms with Gasteiger partial charge in [0.15, 0.2) is 0 Å². The Labute approximate surface area is 127 Å². The van der Waals surface area contributed by atoms with E-state index >= 15 is 0 Å². The average molecular weight is 293 g/mol. The minimum atomic E-state index is -0.189. The molecule has 0 aromatic heterocycles. The van der Waals surface area contributed by atoms with E-state index in [4.69, 9.17) is 4.74 Å². The molecule has 2 amide bonds. The zero-order valence-corrected chi connectivity index (χ0v) is 13.4. The highest BCUT2D eigenvalue weighted by Gasteiger charge is 2.08. The SMILES string of the molecule is CCNC(C)c1ccc(NC(=O)NC(C)CCOC)cc1. The Bertz CT molecular complexity index is 420. The molecule has 0 saturated heterocycles. The summed E-state index contributed by atoms with van der Waals surface area (Å²) in [6, 6.07) is 8.09. The van der Waals surface area contributed by atoms with Crippen molar-refractivity contribution in [1.29, 1.82) is 0 Å². The quantitative estimate of drug-likeness (QED) is 0.690. The highest BCUT2D eigenvalue weighted by molar-refractivity contribution is 5.89. The first-order chi connectivity index (χ1) is 10.1. The molecule has 0 aliphatic heterocycles. The second-order valence-electron chi connectivity index (χ2n) is 5.18. The van der Waals surface area contributed by atoms with Crippen LogP contribution in [-0.2, 0) is 4.74 Å². The third kappa shape index (κ3) is 6.60. The van der Waals surface area contributed by atoms with E-state index in [1.807, 2.05) is 31.2 Å². The number of urea groups is 1. The Hall–Kier alpha value is -1.59. The lowest BCUT2D eigenvalue weighted by Gasteiger charge is -2.15. The number of nitrogens with one attached hydrogen (secondary N) is 3. The number of hydrogen-bond donors (Lipinski definition) is 3. The molecule has 0 aliphatic rings. The molecule has 0 heterocycles. The van der Waals surface area contributed by atoms with E-state index < -0.39 is 0 Å². The van der Waals surface area contributed by atoms with E-state index in [0.29, 0.717) is 12.6 Å². The maximum Gasteiger partial charge on any atom is 0.319 e. The summed E-state index contributed by atoms with van der Waals surface area (Å²) in [7, 11) is 1.66. The number of carbonyl (C=O) groups excluding carboxylic acids is 1. The molecule has 21 heavy (non-hydrogen) atoms. The zero-order chi connectivity index (χ0) is 15.7. The predicted molar refractivity (Wildman–Crippen MR) is 86.6 cm³/mol. The maximum absolute atomic E-state index is 11.8. The van der Waals surface area contributed by atoms with Gasteiger partial charge in [-0.15, -0.1) is 0 Å². The molecule has 0 saturated carbocycles. The van der Waals surface area contributed by atoms with Gasteiger partial charge >= 0.3 is 6.03 Å². The normalized spacial score (nSPS) is 13.5. The number of rotatable bonds is 8. The summed E-state index contributed by atoms with van der Waals surface area (Å²) in [5, 5.41) is 9.07. The molecule has 2 atom stereocenters. The standard InChI is InChI=1S/C16H27N3O2/c1-5-17-13(3)14-6-8-15(9-7-14)19-16(20)18-12(2)10-11-21-4/h6-9,12-13,17H,5,10-11H2,1-4H3,(H2,18,19,20). The van der Waals surface area contributed by atoms with E-state index in [0.717, 1.165) is 18.7 Å². The van der Waals surface area contributed by atoms with Gasteiger partial charge in [-0.1, -0.05) is 19.1 Å². The van der Waals surface area contributed by atoms with Gasteiger partial charge in [0.2, 0.25) is 0 Å². The van der Waals surface area contributed by atoms with E-state index in [-0.39, 0.29) is 12.1 Å². The van der Waals surface area contributed by atoms with Crippen LogP contribution >= 0.6 is 0 Å². The lowest BCUT2D eigenvalue weighted by atomic mass is 10.1. The maximum atomic E-state index is 11.8. The van der Waals surface area contributed by atoms with Crippen LogP contribution in [0.4, 0.5) is 10.5 Å². The second kappa shape index (κ2) is 9.37. The van der Waals surface area contributed by atoms with Crippen molar-refractivity contribution in [1.82, 2.24) is 10.6 Å². The van der Waals surface area contributed by atoms with Crippen molar-refractivity contribution in [3.05, 3.63) is 29.8 Å². The summed E-state index contributed by atoms with van der Waals surface area (Å²) in [4.78, 5) is 11.8. The molecular formula is C16H27N3O2. The molecule has 0 radical (unpaired) electrons. The molecule has 0 aliphatic carbocycles. The first-order valence-electron chi connectivity index (χ1n) is 7.46. The monoisotopic (exact) mass is 293 g/mol. The zero-order valence-electron chi connectivity index (χ0n) is 13.4. The molecular weight excluding hydrogens is 266 g/mol. The van der Waals surface area contributed by atoms with Gasteiger partial charge in [0.25, 0.3) is 0 Å². The fourth-order valence-corrected chi connectivity index (χ4v) is 2.04. The molecule has 5 nitrogen and oxygen atoms in total. The Morgan fingerprint density at radius 3 is 2.48 bits per heavy atom. The fraction of sp³-hybridized carbons (Fsp3) is 0.562. The highest BCUT2D eigenvalue weighted by Crippen LogP contribution is 2.15. The molecule has 1 aromatic rings. The molecule has 1 aromatic carbocycles. The van der Waals surface area contributed by atoms with Crippen molar-refractivity contribution in [3.8, 4) is 0 Å². The van der Waals surface area contributed by atoms with Gasteiger partial charge in [-0.05, 0) is 44.5 Å². The number of amides is 2. The number of benzene rings is 1. The van der Waals surface area contributed by atoms with Crippen LogP contribution in [0.5, 0.6) is 0 Å². The summed E-state index contributed by atoms with van der Waals surface area (Å²) in [6.07, 6.45) is 0.795. The molecule has 3 N–H and O–H groups in total. The first kappa shape index (κ1) is 17.5. The van der Waals surface area contributed by atoms with Crippen LogP contribution < -0.4 is 16.0 Å². The van der Waals surface area contributed by atoms with Crippen molar-refractivity contribution >= 4 is 11.7 Å². The van der Waals surface area contributed by atoms with Crippen molar-refractivity contribution in [3.63, 3.8) is 0 Å². The average Bonchev–Trinajstić information content (AvgIpc) is 2.46. The van der Waals surface area contributed by atoms with Gasteiger partial charge in [-0.2, -0.15) is 0 Å². The number of hydrogen-bond acceptors (Lipinski definition) is 3. The van der Waals surface area contributed by atoms with Crippen LogP contribution in [0, 0.1) is 0 Å². The van der Waals surface area contributed by atoms with Crippen LogP contribution in [0.3, 0.4) is 0 Å². The van der Waals surface area contributed by atoms with Crippen LogP contribution in [0.25, 0.3) is 0 Å². The number of methoxy groups -OCH3 is 1. The Balaban J connectivity index is 2.46. The summed E-state index contributed by atoms with van der Waals surface area (Å²) in [5.74, 6) is 0. The summed E-state index contributed by atoms with van der Waals surface area (Å²) < 4.78 is 4.99. The van der Waals surface area contributed by atoms with Gasteiger partial charge < -0.3 is 20.7 Å². The van der Waals surface area contributed by atoms with E-state index in [1.54, 1.807) is 7.11 Å². The molecule has 0 spiro atoms. The van der Waals surface area contributed by atoms with Crippen molar-refractivity contribution in [2.24, 2.45) is 0 Å². The fourth-order valence-electron chi connectivity index (χ4n) is 2.04. The topological polar surface area (TPSA) is 62.4 Å². The summed E-state index contributed by atoms with van der Waals surface area (Å²) in [5.41, 5.74) is 2.00. The van der Waals surface area contributed by atoms with Crippen LogP contribution in [-0.4, -0.2) is 32.3 Å². The highest BCUT2D eigenvalue weighted by atomic mass is 16.5. The summed E-state index contributed by atoms with van der Waals surface area (Å²) >= 11 is 0. The van der Waals surface area contributed by atoms with Crippen LogP contribution in [0.1, 0.15) is 38.8 Å². The smallest absolute Gasteiger partial charge is 0.319 e. The third-order valence-corrected chi connectivity index (χ3v) is 3.31. The molecule has 0 bridgehead atoms. The Kier molecular flexibility index (Phi) is 7.79. The molecule has 118 valence electrons. The van der Waals surface area contributed by atoms with Gasteiger partial charge in [0.1, 0.15) is 0 Å². The largest absolute Gasteiger partial charge is 0.385 e. The van der Waals surface area contributed by atoms with Crippen LogP contribution in [0.15, 0.2) is 24.3 Å². The number of ether oxygens (including phenoxy) is 1. The van der Waals surface area contributed by atoms with Gasteiger partial charge in [0, 0.05) is 31.5 Å². The number of anilines is 1. The lowest BCUT2D eigenvalue weighted by molar-refractivity contribution is 0.185. The van der Waals surface area contributed by atoms with Crippen molar-refractivity contribution in [2.45, 2.75) is 39.3 Å². The minimum absolute atomic E-state index is 0.0815. The van der Waals surface area contributed by atoms with Crippen molar-refractivity contribution < 1.29 is 9.53 Å².